The normalized spacial score (nSPS) is 11.3. The van der Waals surface area contributed by atoms with Crippen LogP contribution < -0.4 is 9.61 Å². The Balaban J connectivity index is 2.42. The molecule has 0 aliphatic heterocycles. The SMILES string of the molecule is Cc1occc(=O)c1OS(=O)(=O)c1ccc(Cl)cc1. The van der Waals surface area contributed by atoms with Gasteiger partial charge in [-0.25, -0.2) is 0 Å². The van der Waals surface area contributed by atoms with Crippen LogP contribution in [-0.4, -0.2) is 8.42 Å². The first-order valence-corrected chi connectivity index (χ1v) is 6.97. The third-order valence-corrected chi connectivity index (χ3v) is 3.79. The highest BCUT2D eigenvalue weighted by Gasteiger charge is 2.20. The van der Waals surface area contributed by atoms with Gasteiger partial charge in [-0.15, -0.1) is 0 Å². The van der Waals surface area contributed by atoms with E-state index in [0.29, 0.717) is 5.02 Å². The Hall–Kier alpha value is -1.79. The molecule has 19 heavy (non-hydrogen) atoms. The number of aryl methyl sites for hydroxylation is 1. The van der Waals surface area contributed by atoms with E-state index in [4.69, 9.17) is 20.2 Å². The van der Waals surface area contributed by atoms with Crippen LogP contribution in [-0.2, 0) is 10.1 Å². The van der Waals surface area contributed by atoms with E-state index in [-0.39, 0.29) is 16.4 Å². The summed E-state index contributed by atoms with van der Waals surface area (Å²) in [6.07, 6.45) is 1.17. The molecule has 5 nitrogen and oxygen atoms in total. The van der Waals surface area contributed by atoms with E-state index in [0.717, 1.165) is 6.07 Å². The Bertz CT molecular complexity index is 746. The Labute approximate surface area is 114 Å². The number of benzene rings is 1. The van der Waals surface area contributed by atoms with Crippen molar-refractivity contribution in [3.63, 3.8) is 0 Å². The van der Waals surface area contributed by atoms with Crippen molar-refractivity contribution in [1.82, 2.24) is 0 Å². The fourth-order valence-electron chi connectivity index (χ4n) is 1.36. The molecular weight excluding hydrogens is 292 g/mol. The van der Waals surface area contributed by atoms with E-state index in [2.05, 4.69) is 0 Å². The average molecular weight is 301 g/mol. The third-order valence-electron chi connectivity index (χ3n) is 2.30. The van der Waals surface area contributed by atoms with Crippen LogP contribution in [0.15, 0.2) is 50.7 Å². The number of hydrogen-bond acceptors (Lipinski definition) is 5. The summed E-state index contributed by atoms with van der Waals surface area (Å²) in [6.45, 7) is 1.44. The van der Waals surface area contributed by atoms with E-state index >= 15 is 0 Å². The Morgan fingerprint density at radius 2 is 1.79 bits per heavy atom. The van der Waals surface area contributed by atoms with Crippen LogP contribution in [0.25, 0.3) is 0 Å². The summed E-state index contributed by atoms with van der Waals surface area (Å²) in [4.78, 5) is 11.4. The molecule has 0 spiro atoms. The second kappa shape index (κ2) is 5.07. The zero-order valence-corrected chi connectivity index (χ0v) is 11.4. The molecule has 1 aromatic carbocycles. The molecular formula is C12H9ClO5S. The maximum Gasteiger partial charge on any atom is 0.339 e. The van der Waals surface area contributed by atoms with Gasteiger partial charge in [0.05, 0.1) is 6.26 Å². The highest BCUT2D eigenvalue weighted by molar-refractivity contribution is 7.87. The van der Waals surface area contributed by atoms with Crippen molar-refractivity contribution in [1.29, 1.82) is 0 Å². The third kappa shape index (κ3) is 2.97. The second-order valence-electron chi connectivity index (χ2n) is 3.66. The summed E-state index contributed by atoms with van der Waals surface area (Å²) in [7, 11) is -4.09. The molecule has 0 radical (unpaired) electrons. The van der Waals surface area contributed by atoms with Crippen LogP contribution in [0.4, 0.5) is 0 Å². The van der Waals surface area contributed by atoms with Crippen molar-refractivity contribution in [3.8, 4) is 5.75 Å². The first-order chi connectivity index (χ1) is 8.90. The molecule has 0 aliphatic carbocycles. The van der Waals surface area contributed by atoms with Crippen LogP contribution in [0.2, 0.25) is 5.02 Å². The molecule has 0 saturated carbocycles. The van der Waals surface area contributed by atoms with Gasteiger partial charge >= 0.3 is 10.1 Å². The van der Waals surface area contributed by atoms with Gasteiger partial charge < -0.3 is 8.60 Å². The fourth-order valence-corrected chi connectivity index (χ4v) is 2.47. The Morgan fingerprint density at radius 1 is 1.16 bits per heavy atom. The van der Waals surface area contributed by atoms with Gasteiger partial charge in [-0.3, -0.25) is 4.79 Å². The lowest BCUT2D eigenvalue weighted by Gasteiger charge is -2.07. The topological polar surface area (TPSA) is 73.6 Å². The van der Waals surface area contributed by atoms with Crippen LogP contribution in [0.5, 0.6) is 5.75 Å². The summed E-state index contributed by atoms with van der Waals surface area (Å²) in [5.41, 5.74) is -0.568. The van der Waals surface area contributed by atoms with Crippen molar-refractivity contribution >= 4 is 21.7 Å². The molecule has 2 aromatic rings. The van der Waals surface area contributed by atoms with Gasteiger partial charge in [0.1, 0.15) is 10.7 Å². The van der Waals surface area contributed by atoms with Crippen molar-refractivity contribution < 1.29 is 17.0 Å². The number of rotatable bonds is 3. The molecule has 0 amide bonds. The molecule has 0 atom stereocenters. The minimum Gasteiger partial charge on any atom is -0.465 e. The molecule has 0 saturated heterocycles. The number of halogens is 1. The lowest BCUT2D eigenvalue weighted by atomic mass is 10.4. The molecule has 1 heterocycles. The van der Waals surface area contributed by atoms with Gasteiger partial charge in [0.25, 0.3) is 0 Å². The standard InChI is InChI=1S/C12H9ClO5S/c1-8-12(11(14)6-7-17-8)18-19(15,16)10-4-2-9(13)3-5-10/h2-7H,1H3. The molecule has 7 heteroatoms. The van der Waals surface area contributed by atoms with Gasteiger partial charge in [-0.1, -0.05) is 11.6 Å². The van der Waals surface area contributed by atoms with E-state index in [9.17, 15) is 13.2 Å². The smallest absolute Gasteiger partial charge is 0.339 e. The summed E-state index contributed by atoms with van der Waals surface area (Å²) >= 11 is 5.67. The Morgan fingerprint density at radius 3 is 2.37 bits per heavy atom. The van der Waals surface area contributed by atoms with E-state index in [1.54, 1.807) is 0 Å². The summed E-state index contributed by atoms with van der Waals surface area (Å²) in [5, 5.41) is 0.398. The summed E-state index contributed by atoms with van der Waals surface area (Å²) in [5.74, 6) is -0.262. The van der Waals surface area contributed by atoms with Crippen LogP contribution in [0, 0.1) is 6.92 Å². The maximum absolute atomic E-state index is 12.0. The second-order valence-corrected chi connectivity index (χ2v) is 5.64. The van der Waals surface area contributed by atoms with Gasteiger partial charge in [0.15, 0.2) is 0 Å². The zero-order chi connectivity index (χ0) is 14.0. The predicted molar refractivity (Wildman–Crippen MR) is 69.0 cm³/mol. The first kappa shape index (κ1) is 13.6. The molecule has 0 bridgehead atoms. The van der Waals surface area contributed by atoms with E-state index in [1.165, 1.54) is 37.5 Å². The van der Waals surface area contributed by atoms with Crippen molar-refractivity contribution in [3.05, 3.63) is 57.6 Å². The van der Waals surface area contributed by atoms with E-state index in [1.807, 2.05) is 0 Å². The minimum atomic E-state index is -4.09. The zero-order valence-electron chi connectivity index (χ0n) is 9.79. The van der Waals surface area contributed by atoms with Crippen LogP contribution in [0.1, 0.15) is 5.76 Å². The number of hydrogen-bond donors (Lipinski definition) is 0. The summed E-state index contributed by atoms with van der Waals surface area (Å²) < 4.78 is 33.7. The molecule has 0 unspecified atom stereocenters. The van der Waals surface area contributed by atoms with Crippen LogP contribution in [0.3, 0.4) is 0 Å². The fraction of sp³-hybridized carbons (Fsp3) is 0.0833. The minimum absolute atomic E-state index is 0.0880. The largest absolute Gasteiger partial charge is 0.465 e. The van der Waals surface area contributed by atoms with Crippen molar-refractivity contribution in [2.45, 2.75) is 11.8 Å². The molecule has 1 aromatic heterocycles. The van der Waals surface area contributed by atoms with Crippen molar-refractivity contribution in [2.24, 2.45) is 0 Å². The van der Waals surface area contributed by atoms with E-state index < -0.39 is 15.5 Å². The molecule has 0 N–H and O–H groups in total. The summed E-state index contributed by atoms with van der Waals surface area (Å²) in [6, 6.07) is 6.49. The highest BCUT2D eigenvalue weighted by atomic mass is 35.5. The quantitative estimate of drug-likeness (QED) is 0.814. The highest BCUT2D eigenvalue weighted by Crippen LogP contribution is 2.20. The lowest BCUT2D eigenvalue weighted by molar-refractivity contribution is 0.441. The first-order valence-electron chi connectivity index (χ1n) is 5.18. The van der Waals surface area contributed by atoms with Gasteiger partial charge in [-0.05, 0) is 31.2 Å². The molecule has 0 aliphatic rings. The molecule has 2 rings (SSSR count). The monoisotopic (exact) mass is 300 g/mol. The lowest BCUT2D eigenvalue weighted by Crippen LogP contribution is -2.16. The maximum atomic E-state index is 12.0. The van der Waals surface area contributed by atoms with Crippen molar-refractivity contribution in [2.75, 3.05) is 0 Å². The Kier molecular flexibility index (Phi) is 3.64. The van der Waals surface area contributed by atoms with Gasteiger partial charge in [-0.2, -0.15) is 8.42 Å². The van der Waals surface area contributed by atoms with Gasteiger partial charge in [0, 0.05) is 11.1 Å². The van der Waals surface area contributed by atoms with Gasteiger partial charge in [0.2, 0.25) is 11.2 Å². The predicted octanol–water partition coefficient (Wildman–Crippen LogP) is 2.37. The average Bonchev–Trinajstić information content (AvgIpc) is 2.35. The van der Waals surface area contributed by atoms with Crippen LogP contribution >= 0.6 is 11.6 Å². The molecule has 100 valence electrons. The molecule has 0 fully saturated rings.